The monoisotopic (exact) mass is 542 g/mol. The minimum atomic E-state index is -4.43. The molecular weight excluding hydrogens is 519 g/mol. The zero-order chi connectivity index (χ0) is 27.6. The summed E-state index contributed by atoms with van der Waals surface area (Å²) in [7, 11) is -1.57. The number of nitrogens with zero attached hydrogens (tertiary/aromatic N) is 5. The summed E-state index contributed by atoms with van der Waals surface area (Å²) in [6.45, 7) is 2.91. The number of furan rings is 1. The molecule has 14 heteroatoms. The highest BCUT2D eigenvalue weighted by atomic mass is 32.2. The number of aliphatic hydroxyl groups excluding tert-OH is 1. The molecule has 4 rings (SSSR count). The van der Waals surface area contributed by atoms with Gasteiger partial charge in [-0.2, -0.15) is 5.26 Å². The number of nitriles is 1. The molecule has 0 fully saturated rings. The number of aryl methyl sites for hydroxylation is 1. The normalized spacial score (nSPS) is 13.0. The van der Waals surface area contributed by atoms with Gasteiger partial charge in [-0.25, -0.2) is 12.8 Å². The zero-order valence-electron chi connectivity index (χ0n) is 20.7. The molecule has 0 aliphatic carbocycles. The molecular formula is C24H23FN6O6S. The van der Waals surface area contributed by atoms with Crippen LogP contribution in [0.3, 0.4) is 0 Å². The van der Waals surface area contributed by atoms with E-state index in [1.165, 1.54) is 25.7 Å². The number of benzene rings is 1. The summed E-state index contributed by atoms with van der Waals surface area (Å²) in [6.07, 6.45) is -0.832. The molecule has 3 heterocycles. The van der Waals surface area contributed by atoms with Gasteiger partial charge in [0.15, 0.2) is 5.76 Å². The average Bonchev–Trinajstić information content (AvgIpc) is 3.52. The second-order valence-electron chi connectivity index (χ2n) is 8.10. The molecule has 2 unspecified atom stereocenters. The standard InChI is InChI=1S/C24H23FN6O6S/c1-13-8-9-19(37-13)23-28-29-24(31(23)21-17(35-3)6-5-7-18(21)36-4)30-38(33,34)14(2)22(32)20-16(25)10-15(11-26)12-27-20/h5-10,12,14,22,32H,1-4H3,(H,29,30). The Hall–Kier alpha value is -4.48. The highest BCUT2D eigenvalue weighted by Gasteiger charge is 2.34. The molecule has 1 aromatic carbocycles. The predicted molar refractivity (Wildman–Crippen MR) is 133 cm³/mol. The summed E-state index contributed by atoms with van der Waals surface area (Å²) in [5.41, 5.74) is -0.328. The molecule has 198 valence electrons. The lowest BCUT2D eigenvalue weighted by Gasteiger charge is -2.21. The SMILES string of the molecule is COc1cccc(OC)c1-n1c(NS(=O)(=O)C(C)C(O)c2ncc(C#N)cc2F)nnc1-c1ccc(C)o1. The summed E-state index contributed by atoms with van der Waals surface area (Å²) < 4.78 is 61.5. The number of rotatable bonds is 9. The average molecular weight is 543 g/mol. The van der Waals surface area contributed by atoms with Crippen molar-refractivity contribution < 1.29 is 31.8 Å². The first-order valence-electron chi connectivity index (χ1n) is 11.1. The van der Waals surface area contributed by atoms with Gasteiger partial charge in [0.1, 0.15) is 51.9 Å². The van der Waals surface area contributed by atoms with E-state index in [9.17, 15) is 17.9 Å². The van der Waals surface area contributed by atoms with Crippen LogP contribution in [0.25, 0.3) is 17.3 Å². The summed E-state index contributed by atoms with van der Waals surface area (Å²) in [5, 5.41) is 26.1. The van der Waals surface area contributed by atoms with E-state index >= 15 is 0 Å². The number of aromatic nitrogens is 4. The van der Waals surface area contributed by atoms with Gasteiger partial charge in [0.2, 0.25) is 21.8 Å². The van der Waals surface area contributed by atoms with E-state index in [0.29, 0.717) is 17.3 Å². The maximum atomic E-state index is 14.5. The molecule has 0 bridgehead atoms. The molecule has 0 saturated heterocycles. The smallest absolute Gasteiger partial charge is 0.243 e. The Labute approximate surface area is 217 Å². The lowest BCUT2D eigenvalue weighted by Crippen LogP contribution is -2.32. The Kier molecular flexibility index (Phi) is 7.33. The molecule has 3 aromatic heterocycles. The molecule has 0 saturated carbocycles. The lowest BCUT2D eigenvalue weighted by molar-refractivity contribution is 0.166. The van der Waals surface area contributed by atoms with Gasteiger partial charge in [-0.1, -0.05) is 6.07 Å². The number of sulfonamides is 1. The Morgan fingerprint density at radius 2 is 1.87 bits per heavy atom. The largest absolute Gasteiger partial charge is 0.494 e. The number of hydrogen-bond donors (Lipinski definition) is 2. The third-order valence-electron chi connectivity index (χ3n) is 5.70. The van der Waals surface area contributed by atoms with Crippen molar-refractivity contribution in [1.29, 1.82) is 5.26 Å². The highest BCUT2D eigenvalue weighted by molar-refractivity contribution is 7.93. The number of pyridine rings is 1. The van der Waals surface area contributed by atoms with Crippen LogP contribution >= 0.6 is 0 Å². The number of hydrogen-bond acceptors (Lipinski definition) is 10. The van der Waals surface area contributed by atoms with Crippen molar-refractivity contribution in [3.8, 4) is 34.8 Å². The van der Waals surface area contributed by atoms with E-state index in [4.69, 9.17) is 19.2 Å². The van der Waals surface area contributed by atoms with Crippen LogP contribution in [0.5, 0.6) is 11.5 Å². The van der Waals surface area contributed by atoms with E-state index in [-0.39, 0.29) is 28.8 Å². The Morgan fingerprint density at radius 3 is 2.42 bits per heavy atom. The molecule has 0 radical (unpaired) electrons. The molecule has 4 aromatic rings. The third-order valence-corrected chi connectivity index (χ3v) is 7.40. The molecule has 38 heavy (non-hydrogen) atoms. The van der Waals surface area contributed by atoms with E-state index in [1.807, 2.05) is 0 Å². The van der Waals surface area contributed by atoms with Crippen LogP contribution in [0, 0.1) is 24.1 Å². The summed E-state index contributed by atoms with van der Waals surface area (Å²) in [4.78, 5) is 3.73. The fourth-order valence-corrected chi connectivity index (χ4v) is 4.71. The van der Waals surface area contributed by atoms with Crippen LogP contribution < -0.4 is 14.2 Å². The first kappa shape index (κ1) is 26.6. The van der Waals surface area contributed by atoms with Gasteiger partial charge in [0.25, 0.3) is 0 Å². The van der Waals surface area contributed by atoms with Gasteiger partial charge in [0.05, 0.1) is 19.8 Å². The lowest BCUT2D eigenvalue weighted by atomic mass is 10.1. The number of nitrogens with one attached hydrogen (secondary N) is 1. The quantitative estimate of drug-likeness (QED) is 0.321. The molecule has 0 amide bonds. The maximum absolute atomic E-state index is 14.5. The van der Waals surface area contributed by atoms with E-state index in [0.717, 1.165) is 12.3 Å². The molecule has 12 nitrogen and oxygen atoms in total. The number of ether oxygens (including phenoxy) is 2. The van der Waals surface area contributed by atoms with Crippen LogP contribution in [0.4, 0.5) is 10.3 Å². The molecule has 2 atom stereocenters. The van der Waals surface area contributed by atoms with Gasteiger partial charge in [0, 0.05) is 6.20 Å². The minimum absolute atomic E-state index is 0.0772. The summed E-state index contributed by atoms with van der Waals surface area (Å²) >= 11 is 0. The third kappa shape index (κ3) is 4.89. The number of anilines is 1. The fourth-order valence-electron chi connectivity index (χ4n) is 3.67. The highest BCUT2D eigenvalue weighted by Crippen LogP contribution is 2.38. The fraction of sp³-hybridized carbons (Fsp3) is 0.250. The second kappa shape index (κ2) is 10.5. The number of aliphatic hydroxyl groups is 1. The maximum Gasteiger partial charge on any atom is 0.243 e. The molecule has 2 N–H and O–H groups in total. The van der Waals surface area contributed by atoms with E-state index in [1.54, 1.807) is 43.3 Å². The van der Waals surface area contributed by atoms with Gasteiger partial charge in [-0.15, -0.1) is 10.2 Å². The van der Waals surface area contributed by atoms with Crippen molar-refractivity contribution >= 4 is 16.0 Å². The summed E-state index contributed by atoms with van der Waals surface area (Å²) in [5.74, 6) is 0.326. The van der Waals surface area contributed by atoms with Crippen LogP contribution in [0.2, 0.25) is 0 Å². The topological polar surface area (TPSA) is 165 Å². The predicted octanol–water partition coefficient (Wildman–Crippen LogP) is 3.12. The van der Waals surface area contributed by atoms with E-state index < -0.39 is 32.9 Å². The van der Waals surface area contributed by atoms with Crippen molar-refractivity contribution in [2.45, 2.75) is 25.2 Å². The Morgan fingerprint density at radius 1 is 1.18 bits per heavy atom. The van der Waals surface area contributed by atoms with E-state index in [2.05, 4.69) is 19.9 Å². The Balaban J connectivity index is 1.81. The first-order chi connectivity index (χ1) is 18.1. The molecule has 0 aliphatic heterocycles. The molecule has 0 spiro atoms. The number of methoxy groups -OCH3 is 2. The van der Waals surface area contributed by atoms with Crippen molar-refractivity contribution in [1.82, 2.24) is 19.7 Å². The van der Waals surface area contributed by atoms with Gasteiger partial charge in [-0.3, -0.25) is 14.3 Å². The van der Waals surface area contributed by atoms with Crippen LogP contribution in [-0.2, 0) is 10.0 Å². The molecule has 0 aliphatic rings. The van der Waals surface area contributed by atoms with Crippen LogP contribution in [-0.4, -0.2) is 52.7 Å². The number of halogens is 1. The van der Waals surface area contributed by atoms with Crippen molar-refractivity contribution in [3.63, 3.8) is 0 Å². The van der Waals surface area contributed by atoms with Crippen LogP contribution in [0.15, 0.2) is 47.0 Å². The van der Waals surface area contributed by atoms with Gasteiger partial charge < -0.3 is 19.0 Å². The van der Waals surface area contributed by atoms with Crippen molar-refractivity contribution in [2.75, 3.05) is 18.9 Å². The minimum Gasteiger partial charge on any atom is -0.494 e. The van der Waals surface area contributed by atoms with Crippen LogP contribution in [0.1, 0.15) is 30.0 Å². The van der Waals surface area contributed by atoms with Gasteiger partial charge >= 0.3 is 0 Å². The zero-order valence-corrected chi connectivity index (χ0v) is 21.5. The van der Waals surface area contributed by atoms with Crippen molar-refractivity contribution in [2.24, 2.45) is 0 Å². The first-order valence-corrected chi connectivity index (χ1v) is 12.6. The Bertz CT molecular complexity index is 1610. The van der Waals surface area contributed by atoms with Crippen molar-refractivity contribution in [3.05, 3.63) is 65.4 Å². The number of para-hydroxylation sites is 1. The van der Waals surface area contributed by atoms with Gasteiger partial charge in [-0.05, 0) is 44.2 Å². The summed E-state index contributed by atoms with van der Waals surface area (Å²) in [6, 6.07) is 10.9. The second-order valence-corrected chi connectivity index (χ2v) is 10.1.